The van der Waals surface area contributed by atoms with Gasteiger partial charge in [0.2, 0.25) is 0 Å². The van der Waals surface area contributed by atoms with E-state index in [0.29, 0.717) is 28.9 Å². The van der Waals surface area contributed by atoms with Crippen molar-refractivity contribution >= 4 is 34.9 Å². The highest BCUT2D eigenvalue weighted by molar-refractivity contribution is 6.43. The average molecular weight is 305 g/mol. The van der Waals surface area contributed by atoms with Crippen LogP contribution in [0.25, 0.3) is 0 Å². The van der Waals surface area contributed by atoms with Crippen LogP contribution in [0.3, 0.4) is 0 Å². The minimum atomic E-state index is -0.373. The number of urea groups is 1. The van der Waals surface area contributed by atoms with Gasteiger partial charge in [-0.25, -0.2) is 4.79 Å². The first kappa shape index (κ1) is 14.4. The molecule has 1 aromatic carbocycles. The van der Waals surface area contributed by atoms with Gasteiger partial charge in [-0.15, -0.1) is 0 Å². The Balaban J connectivity index is 1.96. The third kappa shape index (κ3) is 3.51. The summed E-state index contributed by atoms with van der Waals surface area (Å²) in [6.07, 6.45) is -0.138. The summed E-state index contributed by atoms with van der Waals surface area (Å²) in [5, 5.41) is 6.12. The average Bonchev–Trinajstić information content (AvgIpc) is 2.82. The van der Waals surface area contributed by atoms with Gasteiger partial charge in [0.25, 0.3) is 0 Å². The smallest absolute Gasteiger partial charge is 0.319 e. The fourth-order valence-corrected chi connectivity index (χ4v) is 2.18. The lowest BCUT2D eigenvalue weighted by Crippen LogP contribution is -2.45. The lowest BCUT2D eigenvalue weighted by Gasteiger charge is -2.18. The molecule has 1 aliphatic rings. The van der Waals surface area contributed by atoms with Gasteiger partial charge in [-0.05, 0) is 12.1 Å². The molecule has 1 fully saturated rings. The van der Waals surface area contributed by atoms with Crippen molar-refractivity contribution in [3.8, 4) is 0 Å². The summed E-state index contributed by atoms with van der Waals surface area (Å²) in [6, 6.07) is 4.48. The highest BCUT2D eigenvalue weighted by Gasteiger charge is 2.29. The monoisotopic (exact) mass is 304 g/mol. The molecule has 7 heteroatoms. The molecule has 1 aromatic rings. The molecule has 2 rings (SSSR count). The number of methoxy groups -OCH3 is 1. The number of amides is 2. The normalized spacial score (nSPS) is 22.3. The summed E-state index contributed by atoms with van der Waals surface area (Å²) in [5.74, 6) is 0. The molecule has 0 radical (unpaired) electrons. The fourth-order valence-electron chi connectivity index (χ4n) is 1.83. The molecular weight excluding hydrogens is 291 g/mol. The van der Waals surface area contributed by atoms with E-state index in [1.807, 2.05) is 0 Å². The molecule has 0 aromatic heterocycles. The second-order valence-corrected chi connectivity index (χ2v) is 4.90. The summed E-state index contributed by atoms with van der Waals surface area (Å²) in [7, 11) is 1.58. The van der Waals surface area contributed by atoms with E-state index in [4.69, 9.17) is 32.7 Å². The van der Waals surface area contributed by atoms with Crippen molar-refractivity contribution in [2.24, 2.45) is 0 Å². The van der Waals surface area contributed by atoms with Crippen LogP contribution in [0.15, 0.2) is 18.2 Å². The summed E-state index contributed by atoms with van der Waals surface area (Å²) < 4.78 is 10.4. The van der Waals surface area contributed by atoms with E-state index in [1.165, 1.54) is 0 Å². The molecule has 0 spiro atoms. The van der Waals surface area contributed by atoms with Crippen LogP contribution in [0.1, 0.15) is 0 Å². The van der Waals surface area contributed by atoms with E-state index in [1.54, 1.807) is 25.3 Å². The quantitative estimate of drug-likeness (QED) is 0.902. The van der Waals surface area contributed by atoms with Gasteiger partial charge < -0.3 is 20.1 Å². The summed E-state index contributed by atoms with van der Waals surface area (Å²) >= 11 is 11.9. The Bertz CT molecular complexity index is 470. The van der Waals surface area contributed by atoms with Gasteiger partial charge in [0.05, 0.1) is 35.0 Å². The Labute approximate surface area is 121 Å². The van der Waals surface area contributed by atoms with Gasteiger partial charge in [-0.3, -0.25) is 0 Å². The van der Waals surface area contributed by atoms with Crippen LogP contribution in [0.2, 0.25) is 10.0 Å². The second-order valence-electron chi connectivity index (χ2n) is 4.12. The number of halogens is 2. The van der Waals surface area contributed by atoms with E-state index in [-0.39, 0.29) is 18.2 Å². The lowest BCUT2D eigenvalue weighted by atomic mass is 10.2. The minimum Gasteiger partial charge on any atom is -0.377 e. The Kier molecular flexibility index (Phi) is 4.87. The maximum absolute atomic E-state index is 11.9. The summed E-state index contributed by atoms with van der Waals surface area (Å²) in [6.45, 7) is 0.897. The molecule has 0 saturated carbocycles. The van der Waals surface area contributed by atoms with Gasteiger partial charge in [0.1, 0.15) is 6.10 Å². The van der Waals surface area contributed by atoms with Crippen LogP contribution in [-0.2, 0) is 9.47 Å². The highest BCUT2D eigenvalue weighted by Crippen LogP contribution is 2.29. The lowest BCUT2D eigenvalue weighted by molar-refractivity contribution is 0.0748. The van der Waals surface area contributed by atoms with Crippen molar-refractivity contribution in [1.82, 2.24) is 5.32 Å². The Hall–Kier alpha value is -1.01. The third-order valence-corrected chi connectivity index (χ3v) is 3.67. The first-order valence-electron chi connectivity index (χ1n) is 5.74. The van der Waals surface area contributed by atoms with Crippen LogP contribution in [0.5, 0.6) is 0 Å². The molecule has 1 heterocycles. The molecule has 5 nitrogen and oxygen atoms in total. The van der Waals surface area contributed by atoms with Crippen LogP contribution in [-0.4, -0.2) is 38.5 Å². The van der Waals surface area contributed by atoms with Gasteiger partial charge in [0, 0.05) is 7.11 Å². The van der Waals surface area contributed by atoms with E-state index in [0.717, 1.165) is 0 Å². The second kappa shape index (κ2) is 6.43. The number of nitrogens with one attached hydrogen (secondary N) is 2. The number of carbonyl (C=O) groups excluding carboxylic acids is 1. The van der Waals surface area contributed by atoms with Crippen LogP contribution in [0, 0.1) is 0 Å². The number of carbonyl (C=O) groups is 1. The summed E-state index contributed by atoms with van der Waals surface area (Å²) in [5.41, 5.74) is 0.458. The van der Waals surface area contributed by atoms with Gasteiger partial charge >= 0.3 is 6.03 Å². The number of anilines is 1. The van der Waals surface area contributed by atoms with Crippen molar-refractivity contribution in [3.63, 3.8) is 0 Å². The molecular formula is C12H14Cl2N2O3. The topological polar surface area (TPSA) is 59.6 Å². The SMILES string of the molecule is CO[C@H]1COC[C@@H]1NC(=O)Nc1cccc(Cl)c1Cl. The maximum atomic E-state index is 11.9. The molecule has 0 unspecified atom stereocenters. The molecule has 104 valence electrons. The fraction of sp³-hybridized carbons (Fsp3) is 0.417. The first-order valence-corrected chi connectivity index (χ1v) is 6.49. The molecule has 2 N–H and O–H groups in total. The molecule has 2 atom stereocenters. The zero-order chi connectivity index (χ0) is 13.8. The van der Waals surface area contributed by atoms with E-state index >= 15 is 0 Å². The predicted molar refractivity (Wildman–Crippen MR) is 74.0 cm³/mol. The van der Waals surface area contributed by atoms with E-state index < -0.39 is 0 Å². The largest absolute Gasteiger partial charge is 0.377 e. The molecule has 19 heavy (non-hydrogen) atoms. The molecule has 1 aliphatic heterocycles. The number of hydrogen-bond acceptors (Lipinski definition) is 3. The van der Waals surface area contributed by atoms with Crippen LogP contribution >= 0.6 is 23.2 Å². The predicted octanol–water partition coefficient (Wildman–Crippen LogP) is 2.53. The highest BCUT2D eigenvalue weighted by atomic mass is 35.5. The molecule has 0 bridgehead atoms. The molecule has 2 amide bonds. The number of hydrogen-bond donors (Lipinski definition) is 2. The van der Waals surface area contributed by atoms with Crippen LogP contribution in [0.4, 0.5) is 10.5 Å². The minimum absolute atomic E-state index is 0.138. The van der Waals surface area contributed by atoms with Crippen molar-refractivity contribution in [2.45, 2.75) is 12.1 Å². The van der Waals surface area contributed by atoms with E-state index in [9.17, 15) is 4.79 Å². The van der Waals surface area contributed by atoms with Crippen molar-refractivity contribution in [1.29, 1.82) is 0 Å². The number of ether oxygens (including phenoxy) is 2. The van der Waals surface area contributed by atoms with Crippen molar-refractivity contribution in [2.75, 3.05) is 25.6 Å². The van der Waals surface area contributed by atoms with Crippen LogP contribution < -0.4 is 10.6 Å². The Morgan fingerprint density at radius 3 is 2.95 bits per heavy atom. The van der Waals surface area contributed by atoms with Crippen molar-refractivity contribution in [3.05, 3.63) is 28.2 Å². The van der Waals surface area contributed by atoms with E-state index in [2.05, 4.69) is 10.6 Å². The third-order valence-electron chi connectivity index (χ3n) is 2.85. The maximum Gasteiger partial charge on any atom is 0.319 e. The zero-order valence-corrected chi connectivity index (χ0v) is 11.8. The standard InChI is InChI=1S/C12H14Cl2N2O3/c1-18-10-6-19-5-9(10)16-12(17)15-8-4-2-3-7(13)11(8)14/h2-4,9-10H,5-6H2,1H3,(H2,15,16,17)/t9-,10-/m0/s1. The Morgan fingerprint density at radius 1 is 1.42 bits per heavy atom. The first-order chi connectivity index (χ1) is 9.11. The van der Waals surface area contributed by atoms with Gasteiger partial charge in [-0.1, -0.05) is 29.3 Å². The Morgan fingerprint density at radius 2 is 2.21 bits per heavy atom. The molecule has 1 saturated heterocycles. The number of rotatable bonds is 3. The van der Waals surface area contributed by atoms with Gasteiger partial charge in [0.15, 0.2) is 0 Å². The van der Waals surface area contributed by atoms with Gasteiger partial charge in [-0.2, -0.15) is 0 Å². The number of benzene rings is 1. The summed E-state index contributed by atoms with van der Waals surface area (Å²) in [4.78, 5) is 11.9. The van der Waals surface area contributed by atoms with Crippen molar-refractivity contribution < 1.29 is 14.3 Å². The molecule has 0 aliphatic carbocycles. The zero-order valence-electron chi connectivity index (χ0n) is 10.3.